The highest BCUT2D eigenvalue weighted by atomic mass is 32.1. The molecule has 0 radical (unpaired) electrons. The first-order valence-electron chi connectivity index (χ1n) is 4.15. The van der Waals surface area contributed by atoms with Crippen molar-refractivity contribution in [1.29, 1.82) is 0 Å². The first-order valence-corrected chi connectivity index (χ1v) is 4.55. The lowest BCUT2D eigenvalue weighted by Crippen LogP contribution is -2.04. The predicted octanol–water partition coefficient (Wildman–Crippen LogP) is 2.74. The third-order valence-corrected chi connectivity index (χ3v) is 1.62. The van der Waals surface area contributed by atoms with Crippen molar-refractivity contribution in [3.05, 3.63) is 24.3 Å². The Hall–Kier alpha value is -1.51. The van der Waals surface area contributed by atoms with E-state index in [-0.39, 0.29) is 5.97 Å². The highest BCUT2D eigenvalue weighted by molar-refractivity contribution is 7.78. The van der Waals surface area contributed by atoms with E-state index in [2.05, 4.69) is 22.4 Å². The van der Waals surface area contributed by atoms with Gasteiger partial charge in [-0.2, -0.15) is 4.99 Å². The van der Waals surface area contributed by atoms with Crippen molar-refractivity contribution in [1.82, 2.24) is 0 Å². The van der Waals surface area contributed by atoms with Crippen molar-refractivity contribution in [2.45, 2.75) is 13.3 Å². The minimum Gasteiger partial charge on any atom is -0.427 e. The Balaban J connectivity index is 2.73. The summed E-state index contributed by atoms with van der Waals surface area (Å²) in [6.45, 7) is 1.74. The van der Waals surface area contributed by atoms with Crippen LogP contribution in [0.3, 0.4) is 0 Å². The molecule has 3 nitrogen and oxygen atoms in total. The average Bonchev–Trinajstić information content (AvgIpc) is 2.21. The van der Waals surface area contributed by atoms with Crippen LogP contribution in [0.1, 0.15) is 13.3 Å². The second kappa shape index (κ2) is 5.27. The van der Waals surface area contributed by atoms with E-state index >= 15 is 0 Å². The number of aliphatic imine (C=N–C) groups is 1. The smallest absolute Gasteiger partial charge is 0.310 e. The van der Waals surface area contributed by atoms with Gasteiger partial charge in [-0.15, -0.1) is 0 Å². The summed E-state index contributed by atoms with van der Waals surface area (Å²) in [6, 6.07) is 6.74. The molecule has 0 aromatic heterocycles. The highest BCUT2D eigenvalue weighted by Crippen LogP contribution is 2.17. The Bertz CT molecular complexity index is 366. The van der Waals surface area contributed by atoms with E-state index in [9.17, 15) is 4.79 Å². The van der Waals surface area contributed by atoms with Crippen LogP contribution < -0.4 is 4.74 Å². The van der Waals surface area contributed by atoms with E-state index in [1.165, 1.54) is 0 Å². The fourth-order valence-electron chi connectivity index (χ4n) is 0.845. The van der Waals surface area contributed by atoms with Crippen LogP contribution in [0.4, 0.5) is 5.69 Å². The van der Waals surface area contributed by atoms with Crippen molar-refractivity contribution in [2.75, 3.05) is 0 Å². The van der Waals surface area contributed by atoms with Crippen LogP contribution in [0.5, 0.6) is 5.75 Å². The number of hydrogen-bond acceptors (Lipinski definition) is 4. The molecular formula is C10H9NO2S. The Morgan fingerprint density at radius 2 is 2.14 bits per heavy atom. The largest absolute Gasteiger partial charge is 0.427 e. The molecule has 0 unspecified atom stereocenters. The van der Waals surface area contributed by atoms with E-state index in [1.807, 2.05) is 0 Å². The van der Waals surface area contributed by atoms with Gasteiger partial charge in [-0.3, -0.25) is 4.79 Å². The number of hydrogen-bond donors (Lipinski definition) is 0. The minimum absolute atomic E-state index is 0.254. The van der Waals surface area contributed by atoms with Crippen molar-refractivity contribution in [3.63, 3.8) is 0 Å². The molecule has 0 aliphatic carbocycles. The van der Waals surface area contributed by atoms with Crippen LogP contribution in [0.2, 0.25) is 0 Å². The van der Waals surface area contributed by atoms with Crippen molar-refractivity contribution < 1.29 is 9.53 Å². The van der Waals surface area contributed by atoms with Gasteiger partial charge in [-0.25, -0.2) is 0 Å². The maximum Gasteiger partial charge on any atom is 0.310 e. The number of isothiocyanates is 1. The molecule has 0 saturated heterocycles. The first kappa shape index (κ1) is 10.6. The number of carbonyl (C=O) groups is 1. The second-order valence-electron chi connectivity index (χ2n) is 2.52. The molecule has 0 N–H and O–H groups in total. The summed E-state index contributed by atoms with van der Waals surface area (Å²) < 4.78 is 4.97. The number of esters is 1. The molecule has 0 spiro atoms. The number of benzene rings is 1. The lowest BCUT2D eigenvalue weighted by atomic mass is 10.3. The van der Waals surface area contributed by atoms with Crippen molar-refractivity contribution in [2.24, 2.45) is 4.99 Å². The molecule has 0 aliphatic rings. The third-order valence-electron chi connectivity index (χ3n) is 1.53. The van der Waals surface area contributed by atoms with Gasteiger partial charge < -0.3 is 4.74 Å². The van der Waals surface area contributed by atoms with Gasteiger partial charge in [-0.1, -0.05) is 6.92 Å². The van der Waals surface area contributed by atoms with Gasteiger partial charge in [-0.05, 0) is 36.5 Å². The van der Waals surface area contributed by atoms with Crippen molar-refractivity contribution >= 4 is 29.0 Å². The summed E-state index contributed by atoms with van der Waals surface area (Å²) in [5.74, 6) is 0.260. The molecule has 0 atom stereocenters. The topological polar surface area (TPSA) is 38.7 Å². The normalized spacial score (nSPS) is 8.93. The minimum atomic E-state index is -0.254. The lowest BCUT2D eigenvalue weighted by molar-refractivity contribution is -0.134. The standard InChI is InChI=1S/C10H9NO2S/c1-2-10(12)13-9-5-3-8(4-6-9)11-7-14/h3-6H,2H2,1H3. The van der Waals surface area contributed by atoms with E-state index in [1.54, 1.807) is 31.2 Å². The molecule has 0 amide bonds. The van der Waals surface area contributed by atoms with Gasteiger partial charge in [0.15, 0.2) is 0 Å². The van der Waals surface area contributed by atoms with Crippen LogP contribution >= 0.6 is 12.2 Å². The maximum absolute atomic E-state index is 10.9. The monoisotopic (exact) mass is 207 g/mol. The third kappa shape index (κ3) is 3.09. The van der Waals surface area contributed by atoms with Crippen molar-refractivity contribution in [3.8, 4) is 5.75 Å². The van der Waals surface area contributed by atoms with Crippen LogP contribution in [0, 0.1) is 0 Å². The van der Waals surface area contributed by atoms with Gasteiger partial charge in [0.2, 0.25) is 0 Å². The zero-order valence-corrected chi connectivity index (χ0v) is 8.50. The van der Waals surface area contributed by atoms with Gasteiger partial charge in [0, 0.05) is 6.42 Å². The second-order valence-corrected chi connectivity index (χ2v) is 2.71. The lowest BCUT2D eigenvalue weighted by Gasteiger charge is -2.01. The Morgan fingerprint density at radius 3 is 2.64 bits per heavy atom. The van der Waals surface area contributed by atoms with Gasteiger partial charge in [0.05, 0.1) is 10.8 Å². The zero-order valence-electron chi connectivity index (χ0n) is 7.69. The SMILES string of the molecule is CCC(=O)Oc1ccc(N=C=S)cc1. The maximum atomic E-state index is 10.9. The summed E-state index contributed by atoms with van der Waals surface area (Å²) in [6.07, 6.45) is 0.361. The fraction of sp³-hybridized carbons (Fsp3) is 0.200. The van der Waals surface area contributed by atoms with Crippen LogP contribution in [0.25, 0.3) is 0 Å². The average molecular weight is 207 g/mol. The molecule has 0 aliphatic heterocycles. The molecule has 0 heterocycles. The Labute approximate surface area is 87.4 Å². The fourth-order valence-corrected chi connectivity index (χ4v) is 0.950. The molecule has 0 saturated carbocycles. The van der Waals surface area contributed by atoms with E-state index in [0.29, 0.717) is 17.9 Å². The summed E-state index contributed by atoms with van der Waals surface area (Å²) in [5, 5.41) is 2.26. The predicted molar refractivity (Wildman–Crippen MR) is 57.1 cm³/mol. The van der Waals surface area contributed by atoms with Gasteiger partial charge >= 0.3 is 5.97 Å². The molecule has 0 bridgehead atoms. The molecule has 14 heavy (non-hydrogen) atoms. The van der Waals surface area contributed by atoms with Gasteiger partial charge in [0.1, 0.15) is 5.75 Å². The number of thiocarbonyl (C=S) groups is 1. The zero-order chi connectivity index (χ0) is 10.4. The molecule has 1 aromatic carbocycles. The van der Waals surface area contributed by atoms with Crippen LogP contribution in [0.15, 0.2) is 29.3 Å². The number of rotatable bonds is 3. The molecule has 1 rings (SSSR count). The van der Waals surface area contributed by atoms with Crippen LogP contribution in [-0.2, 0) is 4.79 Å². The first-order chi connectivity index (χ1) is 6.76. The molecule has 4 heteroatoms. The summed E-state index contributed by atoms with van der Waals surface area (Å²) >= 11 is 4.45. The highest BCUT2D eigenvalue weighted by Gasteiger charge is 2.00. The summed E-state index contributed by atoms with van der Waals surface area (Å²) in [7, 11) is 0. The molecule has 72 valence electrons. The number of nitrogens with zero attached hydrogens (tertiary/aromatic N) is 1. The Kier molecular flexibility index (Phi) is 3.98. The molecular weight excluding hydrogens is 198 g/mol. The Morgan fingerprint density at radius 1 is 1.50 bits per heavy atom. The van der Waals surface area contributed by atoms with Gasteiger partial charge in [0.25, 0.3) is 0 Å². The summed E-state index contributed by atoms with van der Waals surface area (Å²) in [4.78, 5) is 14.7. The van der Waals surface area contributed by atoms with E-state index < -0.39 is 0 Å². The molecule has 1 aromatic rings. The number of carbonyl (C=O) groups excluding carboxylic acids is 1. The number of ether oxygens (including phenoxy) is 1. The van der Waals surface area contributed by atoms with E-state index in [4.69, 9.17) is 4.74 Å². The summed E-state index contributed by atoms with van der Waals surface area (Å²) in [5.41, 5.74) is 0.691. The quantitative estimate of drug-likeness (QED) is 0.331. The van der Waals surface area contributed by atoms with Crippen LogP contribution in [-0.4, -0.2) is 11.1 Å². The van der Waals surface area contributed by atoms with E-state index in [0.717, 1.165) is 0 Å². The molecule has 0 fully saturated rings.